The summed E-state index contributed by atoms with van der Waals surface area (Å²) in [4.78, 5) is 27.7. The Morgan fingerprint density at radius 1 is 1.50 bits per heavy atom. The lowest BCUT2D eigenvalue weighted by Gasteiger charge is -2.09. The quantitative estimate of drug-likeness (QED) is 0.604. The van der Waals surface area contributed by atoms with E-state index in [-0.39, 0.29) is 5.69 Å². The van der Waals surface area contributed by atoms with Crippen LogP contribution in [0, 0.1) is 0 Å². The summed E-state index contributed by atoms with van der Waals surface area (Å²) in [6.07, 6.45) is 1.59. The Kier molecular flexibility index (Phi) is 3.23. The van der Waals surface area contributed by atoms with Gasteiger partial charge >= 0.3 is 5.97 Å². The maximum absolute atomic E-state index is 12.1. The summed E-state index contributed by atoms with van der Waals surface area (Å²) in [6, 6.07) is 7.11. The SMILES string of the molecule is C=CCn1c(=O)c(C(=O)OC)nc2ccccc21. The van der Waals surface area contributed by atoms with Crippen molar-refractivity contribution in [3.8, 4) is 0 Å². The van der Waals surface area contributed by atoms with E-state index in [1.165, 1.54) is 11.7 Å². The van der Waals surface area contributed by atoms with Gasteiger partial charge in [-0.2, -0.15) is 0 Å². The summed E-state index contributed by atoms with van der Waals surface area (Å²) >= 11 is 0. The average molecular weight is 244 g/mol. The molecule has 0 saturated heterocycles. The monoisotopic (exact) mass is 244 g/mol. The Morgan fingerprint density at radius 2 is 2.22 bits per heavy atom. The molecular weight excluding hydrogens is 232 g/mol. The Morgan fingerprint density at radius 3 is 2.89 bits per heavy atom. The van der Waals surface area contributed by atoms with Crippen molar-refractivity contribution in [3.05, 3.63) is 53.0 Å². The first-order chi connectivity index (χ1) is 8.69. The Bertz CT molecular complexity index is 673. The molecule has 5 nitrogen and oxygen atoms in total. The number of nitrogens with zero attached hydrogens (tertiary/aromatic N) is 2. The van der Waals surface area contributed by atoms with E-state index in [1.54, 1.807) is 30.3 Å². The van der Waals surface area contributed by atoms with Crippen LogP contribution in [0.1, 0.15) is 10.5 Å². The Labute approximate surface area is 103 Å². The second-order valence-corrected chi connectivity index (χ2v) is 3.65. The predicted octanol–water partition coefficient (Wildman–Crippen LogP) is 1.37. The number of ether oxygens (including phenoxy) is 1. The largest absolute Gasteiger partial charge is 0.464 e. The van der Waals surface area contributed by atoms with Crippen LogP contribution in [-0.4, -0.2) is 22.6 Å². The second-order valence-electron chi connectivity index (χ2n) is 3.65. The van der Waals surface area contributed by atoms with Gasteiger partial charge in [-0.25, -0.2) is 9.78 Å². The molecule has 0 atom stereocenters. The molecule has 0 radical (unpaired) electrons. The van der Waals surface area contributed by atoms with Gasteiger partial charge in [-0.05, 0) is 12.1 Å². The van der Waals surface area contributed by atoms with Gasteiger partial charge < -0.3 is 9.30 Å². The highest BCUT2D eigenvalue weighted by atomic mass is 16.5. The van der Waals surface area contributed by atoms with Gasteiger partial charge in [0, 0.05) is 6.54 Å². The van der Waals surface area contributed by atoms with Gasteiger partial charge in [-0.15, -0.1) is 6.58 Å². The molecule has 1 aromatic heterocycles. The zero-order valence-electron chi connectivity index (χ0n) is 9.92. The number of fused-ring (bicyclic) bond motifs is 1. The Balaban J connectivity index is 2.83. The van der Waals surface area contributed by atoms with Crippen LogP contribution in [-0.2, 0) is 11.3 Å². The zero-order chi connectivity index (χ0) is 13.1. The highest BCUT2D eigenvalue weighted by molar-refractivity contribution is 5.89. The molecule has 0 aliphatic rings. The topological polar surface area (TPSA) is 61.2 Å². The van der Waals surface area contributed by atoms with Gasteiger partial charge in [0.2, 0.25) is 5.69 Å². The molecule has 92 valence electrons. The summed E-state index contributed by atoms with van der Waals surface area (Å²) in [5, 5.41) is 0. The summed E-state index contributed by atoms with van der Waals surface area (Å²) in [6.45, 7) is 3.91. The third kappa shape index (κ3) is 1.90. The first kappa shape index (κ1) is 12.0. The van der Waals surface area contributed by atoms with Crippen LogP contribution < -0.4 is 5.56 Å². The summed E-state index contributed by atoms with van der Waals surface area (Å²) in [5.74, 6) is -0.733. The summed E-state index contributed by atoms with van der Waals surface area (Å²) in [5.41, 5.74) is 0.549. The lowest BCUT2D eigenvalue weighted by Crippen LogP contribution is -2.28. The van der Waals surface area contributed by atoms with E-state index in [9.17, 15) is 9.59 Å². The van der Waals surface area contributed by atoms with Crippen molar-refractivity contribution in [2.24, 2.45) is 0 Å². The van der Waals surface area contributed by atoms with Gasteiger partial charge in [-0.3, -0.25) is 4.79 Å². The van der Waals surface area contributed by atoms with Crippen LogP contribution in [0.4, 0.5) is 0 Å². The number of hydrogen-bond acceptors (Lipinski definition) is 4. The fraction of sp³-hybridized carbons (Fsp3) is 0.154. The number of hydrogen-bond donors (Lipinski definition) is 0. The van der Waals surface area contributed by atoms with Crippen LogP contribution in [0.25, 0.3) is 11.0 Å². The van der Waals surface area contributed by atoms with E-state index in [1.807, 2.05) is 0 Å². The van der Waals surface area contributed by atoms with Crippen LogP contribution in [0.3, 0.4) is 0 Å². The van der Waals surface area contributed by atoms with Crippen LogP contribution in [0.5, 0.6) is 0 Å². The van der Waals surface area contributed by atoms with Crippen LogP contribution in [0.15, 0.2) is 41.7 Å². The smallest absolute Gasteiger partial charge is 0.362 e. The van der Waals surface area contributed by atoms with Crippen molar-refractivity contribution in [3.63, 3.8) is 0 Å². The molecule has 0 amide bonds. The van der Waals surface area contributed by atoms with E-state index in [2.05, 4.69) is 16.3 Å². The Hall–Kier alpha value is -2.43. The highest BCUT2D eigenvalue weighted by Crippen LogP contribution is 2.10. The molecule has 2 rings (SSSR count). The molecule has 0 aliphatic heterocycles. The fourth-order valence-corrected chi connectivity index (χ4v) is 1.73. The number of carbonyl (C=O) groups is 1. The number of aromatic nitrogens is 2. The standard InChI is InChI=1S/C13H12N2O3/c1-3-8-15-10-7-5-4-6-9(10)14-11(12(15)16)13(17)18-2/h3-7H,1,8H2,2H3. The maximum atomic E-state index is 12.1. The molecule has 1 heterocycles. The molecule has 0 N–H and O–H groups in total. The van der Waals surface area contributed by atoms with Gasteiger partial charge in [0.05, 0.1) is 18.1 Å². The van der Waals surface area contributed by atoms with E-state index >= 15 is 0 Å². The van der Waals surface area contributed by atoms with Gasteiger partial charge in [0.25, 0.3) is 5.56 Å². The maximum Gasteiger partial charge on any atom is 0.362 e. The van der Waals surface area contributed by atoms with Gasteiger partial charge in [0.15, 0.2) is 0 Å². The molecule has 0 unspecified atom stereocenters. The molecule has 1 aromatic carbocycles. The van der Waals surface area contributed by atoms with Crippen molar-refractivity contribution >= 4 is 17.0 Å². The number of benzene rings is 1. The second kappa shape index (κ2) is 4.83. The first-order valence-electron chi connectivity index (χ1n) is 5.38. The minimum Gasteiger partial charge on any atom is -0.464 e. The van der Waals surface area contributed by atoms with E-state index in [0.29, 0.717) is 17.6 Å². The number of para-hydroxylation sites is 2. The molecule has 0 spiro atoms. The number of esters is 1. The number of allylic oxidation sites excluding steroid dienone is 1. The molecule has 0 fully saturated rings. The molecular formula is C13H12N2O3. The van der Waals surface area contributed by atoms with E-state index < -0.39 is 11.5 Å². The molecule has 2 aromatic rings. The summed E-state index contributed by atoms with van der Waals surface area (Å²) in [7, 11) is 1.22. The minimum atomic E-state index is -0.733. The number of rotatable bonds is 3. The molecule has 0 saturated carbocycles. The lowest BCUT2D eigenvalue weighted by atomic mass is 10.2. The van der Waals surface area contributed by atoms with Crippen molar-refractivity contribution in [2.75, 3.05) is 7.11 Å². The molecule has 0 bridgehead atoms. The third-order valence-corrected chi connectivity index (χ3v) is 2.54. The average Bonchev–Trinajstić information content (AvgIpc) is 2.41. The van der Waals surface area contributed by atoms with E-state index in [4.69, 9.17) is 0 Å². The highest BCUT2D eigenvalue weighted by Gasteiger charge is 2.17. The molecule has 18 heavy (non-hydrogen) atoms. The van der Waals surface area contributed by atoms with Crippen LogP contribution >= 0.6 is 0 Å². The summed E-state index contributed by atoms with van der Waals surface area (Å²) < 4.78 is 6.00. The first-order valence-corrected chi connectivity index (χ1v) is 5.38. The zero-order valence-corrected chi connectivity index (χ0v) is 9.92. The minimum absolute atomic E-state index is 0.210. The number of methoxy groups -OCH3 is 1. The molecule has 5 heteroatoms. The van der Waals surface area contributed by atoms with Crippen molar-refractivity contribution in [2.45, 2.75) is 6.54 Å². The van der Waals surface area contributed by atoms with Gasteiger partial charge in [-0.1, -0.05) is 18.2 Å². The normalized spacial score (nSPS) is 10.3. The van der Waals surface area contributed by atoms with Crippen molar-refractivity contribution in [1.29, 1.82) is 0 Å². The third-order valence-electron chi connectivity index (χ3n) is 2.54. The lowest BCUT2D eigenvalue weighted by molar-refractivity contribution is 0.0591. The van der Waals surface area contributed by atoms with E-state index in [0.717, 1.165) is 0 Å². The fourth-order valence-electron chi connectivity index (χ4n) is 1.73. The van der Waals surface area contributed by atoms with Gasteiger partial charge in [0.1, 0.15) is 0 Å². The number of carbonyl (C=O) groups excluding carboxylic acids is 1. The predicted molar refractivity (Wildman–Crippen MR) is 67.5 cm³/mol. The van der Waals surface area contributed by atoms with Crippen molar-refractivity contribution in [1.82, 2.24) is 9.55 Å². The molecule has 0 aliphatic carbocycles. The van der Waals surface area contributed by atoms with Crippen LogP contribution in [0.2, 0.25) is 0 Å². The van der Waals surface area contributed by atoms with Crippen molar-refractivity contribution < 1.29 is 9.53 Å².